The number of alkyl halides is 3. The topological polar surface area (TPSA) is 58.4 Å². The van der Waals surface area contributed by atoms with E-state index in [1.54, 1.807) is 0 Å². The molecule has 0 aromatic heterocycles. The average Bonchev–Trinajstić information content (AvgIpc) is 2.36. The fourth-order valence-corrected chi connectivity index (χ4v) is 1.88. The maximum atomic E-state index is 12.7. The summed E-state index contributed by atoms with van der Waals surface area (Å²) >= 11 is 5.57. The van der Waals surface area contributed by atoms with Crippen molar-refractivity contribution in [2.75, 3.05) is 32.0 Å². The number of likely N-dealkylation sites (N-methyl/N-ethyl adjacent to an activating group) is 1. The molecule has 0 spiro atoms. The fourth-order valence-electron chi connectivity index (χ4n) is 1.61. The normalized spacial score (nSPS) is 11.8. The van der Waals surface area contributed by atoms with Gasteiger partial charge in [0, 0.05) is 19.2 Å². The van der Waals surface area contributed by atoms with E-state index in [1.165, 1.54) is 0 Å². The lowest BCUT2D eigenvalue weighted by Gasteiger charge is -2.16. The Kier molecular flexibility index (Phi) is 5.79. The molecule has 0 bridgehead atoms. The zero-order valence-electron chi connectivity index (χ0n) is 11.5. The van der Waals surface area contributed by atoms with Crippen LogP contribution in [-0.4, -0.2) is 36.5 Å². The van der Waals surface area contributed by atoms with Crippen LogP contribution >= 0.6 is 11.6 Å². The summed E-state index contributed by atoms with van der Waals surface area (Å²) in [6.07, 6.45) is -4.73. The van der Waals surface area contributed by atoms with Crippen LogP contribution in [0.4, 0.5) is 24.5 Å². The molecule has 0 aliphatic heterocycles. The summed E-state index contributed by atoms with van der Waals surface area (Å²) < 4.78 is 38.1. The summed E-state index contributed by atoms with van der Waals surface area (Å²) in [7, 11) is 1.86. The molecule has 0 heterocycles. The van der Waals surface area contributed by atoms with Crippen LogP contribution in [0, 0.1) is 10.1 Å². The Balaban J connectivity index is 3.04. The number of rotatable bonds is 6. The highest BCUT2D eigenvalue weighted by molar-refractivity contribution is 6.31. The monoisotopic (exact) mass is 325 g/mol. The van der Waals surface area contributed by atoms with E-state index in [2.05, 4.69) is 5.32 Å². The molecular formula is C12H15ClF3N3O2. The maximum Gasteiger partial charge on any atom is 0.418 e. The van der Waals surface area contributed by atoms with Gasteiger partial charge in [0.15, 0.2) is 0 Å². The number of nitrogens with one attached hydrogen (secondary N) is 1. The van der Waals surface area contributed by atoms with Gasteiger partial charge in [-0.3, -0.25) is 10.1 Å². The highest BCUT2D eigenvalue weighted by Gasteiger charge is 2.36. The first-order valence-corrected chi connectivity index (χ1v) is 6.52. The van der Waals surface area contributed by atoms with Crippen LogP contribution in [0.5, 0.6) is 0 Å². The number of hydrogen-bond acceptors (Lipinski definition) is 4. The molecule has 9 heteroatoms. The highest BCUT2D eigenvalue weighted by Crippen LogP contribution is 2.40. The molecule has 0 saturated carbocycles. The van der Waals surface area contributed by atoms with Crippen LogP contribution in [0.25, 0.3) is 0 Å². The second-order valence-corrected chi connectivity index (χ2v) is 4.83. The third kappa shape index (κ3) is 4.75. The van der Waals surface area contributed by atoms with Crippen molar-refractivity contribution in [3.05, 3.63) is 32.8 Å². The van der Waals surface area contributed by atoms with Gasteiger partial charge in [-0.1, -0.05) is 18.5 Å². The number of halogens is 4. The van der Waals surface area contributed by atoms with Crippen molar-refractivity contribution in [2.24, 2.45) is 0 Å². The van der Waals surface area contributed by atoms with Crippen LogP contribution in [0.15, 0.2) is 12.1 Å². The molecule has 0 aliphatic rings. The lowest BCUT2D eigenvalue weighted by Crippen LogP contribution is -2.25. The van der Waals surface area contributed by atoms with E-state index >= 15 is 0 Å². The Labute approximate surface area is 124 Å². The zero-order valence-corrected chi connectivity index (χ0v) is 12.3. The molecule has 0 radical (unpaired) electrons. The number of nitro benzene ring substituents is 1. The number of nitrogens with zero attached hydrogens (tertiary/aromatic N) is 2. The van der Waals surface area contributed by atoms with Crippen LogP contribution in [0.2, 0.25) is 5.02 Å². The smallest absolute Gasteiger partial charge is 0.378 e. The average molecular weight is 326 g/mol. The van der Waals surface area contributed by atoms with Crippen molar-refractivity contribution in [1.29, 1.82) is 0 Å². The van der Waals surface area contributed by atoms with Crippen molar-refractivity contribution >= 4 is 23.0 Å². The van der Waals surface area contributed by atoms with E-state index in [1.807, 2.05) is 18.9 Å². The summed E-state index contributed by atoms with van der Waals surface area (Å²) in [4.78, 5) is 12.0. The Morgan fingerprint density at radius 1 is 1.43 bits per heavy atom. The first-order chi connectivity index (χ1) is 9.66. The van der Waals surface area contributed by atoms with Crippen LogP contribution < -0.4 is 5.32 Å². The number of anilines is 1. The molecule has 0 fully saturated rings. The summed E-state index contributed by atoms with van der Waals surface area (Å²) in [5.74, 6) is 0. The molecule has 1 aromatic carbocycles. The summed E-state index contributed by atoms with van der Waals surface area (Å²) in [5.41, 5.74) is -1.89. The minimum Gasteiger partial charge on any atom is -0.378 e. The lowest BCUT2D eigenvalue weighted by atomic mass is 10.1. The number of hydrogen-bond donors (Lipinski definition) is 1. The van der Waals surface area contributed by atoms with Crippen LogP contribution in [0.1, 0.15) is 12.5 Å². The van der Waals surface area contributed by atoms with Crippen LogP contribution in [-0.2, 0) is 6.18 Å². The van der Waals surface area contributed by atoms with Gasteiger partial charge in [0.05, 0.1) is 15.5 Å². The minimum absolute atomic E-state index is 0.0255. The van der Waals surface area contributed by atoms with Crippen molar-refractivity contribution < 1.29 is 18.1 Å². The molecule has 21 heavy (non-hydrogen) atoms. The van der Waals surface area contributed by atoms with Gasteiger partial charge >= 0.3 is 6.18 Å². The van der Waals surface area contributed by atoms with E-state index < -0.39 is 27.4 Å². The minimum atomic E-state index is -4.73. The lowest BCUT2D eigenvalue weighted by molar-refractivity contribution is -0.384. The largest absolute Gasteiger partial charge is 0.418 e. The fraction of sp³-hybridized carbons (Fsp3) is 0.500. The SMILES string of the molecule is CCN(C)CCNc1cc(Cl)c(C(F)(F)F)cc1[N+](=O)[O-]. The first-order valence-electron chi connectivity index (χ1n) is 6.14. The van der Waals surface area contributed by atoms with E-state index in [4.69, 9.17) is 11.6 Å². The first kappa shape index (κ1) is 17.5. The van der Waals surface area contributed by atoms with Gasteiger partial charge in [-0.25, -0.2) is 0 Å². The third-order valence-corrected chi connectivity index (χ3v) is 3.25. The molecule has 0 atom stereocenters. The van der Waals surface area contributed by atoms with Crippen molar-refractivity contribution in [2.45, 2.75) is 13.1 Å². The summed E-state index contributed by atoms with van der Waals surface area (Å²) in [6.45, 7) is 3.67. The predicted octanol–water partition coefficient (Wildman–Crippen LogP) is 3.63. The molecular weight excluding hydrogens is 311 g/mol. The molecule has 1 rings (SSSR count). The van der Waals surface area contributed by atoms with Gasteiger partial charge < -0.3 is 10.2 Å². The zero-order chi connectivity index (χ0) is 16.2. The predicted molar refractivity (Wildman–Crippen MR) is 74.8 cm³/mol. The van der Waals surface area contributed by atoms with Gasteiger partial charge in [-0.2, -0.15) is 13.2 Å². The molecule has 5 nitrogen and oxygen atoms in total. The van der Waals surface area contributed by atoms with Gasteiger partial charge in [0.2, 0.25) is 0 Å². The maximum absolute atomic E-state index is 12.7. The van der Waals surface area contributed by atoms with E-state index in [0.717, 1.165) is 12.6 Å². The standard InChI is InChI=1S/C12H15ClF3N3O2/c1-3-18(2)5-4-17-10-7-9(13)8(12(14,15)16)6-11(10)19(20)21/h6-7,17H,3-5H2,1-2H3. The number of nitro groups is 1. The van der Waals surface area contributed by atoms with Gasteiger partial charge in [0.25, 0.3) is 5.69 Å². The van der Waals surface area contributed by atoms with E-state index in [9.17, 15) is 23.3 Å². The summed E-state index contributed by atoms with van der Waals surface area (Å²) in [5, 5.41) is 13.1. The van der Waals surface area contributed by atoms with Gasteiger partial charge in [-0.15, -0.1) is 0 Å². The Bertz CT molecular complexity index is 523. The van der Waals surface area contributed by atoms with E-state index in [-0.39, 0.29) is 5.69 Å². The molecule has 0 aliphatic carbocycles. The quantitative estimate of drug-likeness (QED) is 0.641. The molecule has 118 valence electrons. The summed E-state index contributed by atoms with van der Waals surface area (Å²) in [6, 6.07) is 1.39. The second kappa shape index (κ2) is 6.95. The second-order valence-electron chi connectivity index (χ2n) is 4.43. The Hall–Kier alpha value is -1.54. The molecule has 0 saturated heterocycles. The molecule has 0 unspecified atom stereocenters. The molecule has 1 N–H and O–H groups in total. The van der Waals surface area contributed by atoms with Crippen LogP contribution in [0.3, 0.4) is 0 Å². The highest BCUT2D eigenvalue weighted by atomic mass is 35.5. The molecule has 0 amide bonds. The van der Waals surface area contributed by atoms with Crippen molar-refractivity contribution in [1.82, 2.24) is 4.90 Å². The van der Waals surface area contributed by atoms with Crippen molar-refractivity contribution in [3.63, 3.8) is 0 Å². The van der Waals surface area contributed by atoms with E-state index in [0.29, 0.717) is 19.2 Å². The third-order valence-electron chi connectivity index (χ3n) is 2.94. The number of benzene rings is 1. The Morgan fingerprint density at radius 3 is 2.52 bits per heavy atom. The van der Waals surface area contributed by atoms with Crippen molar-refractivity contribution in [3.8, 4) is 0 Å². The van der Waals surface area contributed by atoms with Gasteiger partial charge in [-0.05, 0) is 19.7 Å². The molecule has 1 aromatic rings. The van der Waals surface area contributed by atoms with Gasteiger partial charge in [0.1, 0.15) is 5.69 Å². The Morgan fingerprint density at radius 2 is 2.05 bits per heavy atom.